The van der Waals surface area contributed by atoms with Gasteiger partial charge in [0.1, 0.15) is 11.5 Å². The summed E-state index contributed by atoms with van der Waals surface area (Å²) in [5.41, 5.74) is 1.94. The Kier molecular flexibility index (Phi) is 4.69. The minimum atomic E-state index is -3.69. The van der Waals surface area contributed by atoms with Crippen molar-refractivity contribution in [2.45, 2.75) is 36.1 Å². The Morgan fingerprint density at radius 3 is 2.81 bits per heavy atom. The van der Waals surface area contributed by atoms with Crippen LogP contribution in [0, 0.1) is 0 Å². The van der Waals surface area contributed by atoms with Gasteiger partial charge in [-0.25, -0.2) is 13.4 Å². The Morgan fingerprint density at radius 1 is 1.26 bits per heavy atom. The Balaban J connectivity index is 1.76. The van der Waals surface area contributed by atoms with Gasteiger partial charge in [-0.3, -0.25) is 0 Å². The largest absolute Gasteiger partial charge is 0.497 e. The van der Waals surface area contributed by atoms with E-state index in [0.717, 1.165) is 11.1 Å². The first-order valence-electron chi connectivity index (χ1n) is 8.61. The highest BCUT2D eigenvalue weighted by Crippen LogP contribution is 2.41. The number of ether oxygens (including phenoxy) is 2. The Morgan fingerprint density at radius 2 is 2.07 bits per heavy atom. The number of aromatic nitrogens is 2. The van der Waals surface area contributed by atoms with Crippen LogP contribution in [-0.2, 0) is 23.0 Å². The summed E-state index contributed by atoms with van der Waals surface area (Å²) in [5, 5.41) is 2.86. The molecule has 27 heavy (non-hydrogen) atoms. The van der Waals surface area contributed by atoms with Gasteiger partial charge >= 0.3 is 0 Å². The molecule has 1 atom stereocenters. The van der Waals surface area contributed by atoms with E-state index >= 15 is 0 Å². The summed E-state index contributed by atoms with van der Waals surface area (Å²) in [6, 6.07) is 3.41. The minimum absolute atomic E-state index is 0.233. The maximum atomic E-state index is 13.4. The molecular weight excluding hydrogens is 386 g/mol. The van der Waals surface area contributed by atoms with Crippen molar-refractivity contribution in [3.8, 4) is 11.5 Å². The second-order valence-electron chi connectivity index (χ2n) is 6.42. The number of rotatable bonds is 4. The molecule has 0 saturated heterocycles. The third-order valence-electron chi connectivity index (χ3n) is 5.02. The highest BCUT2D eigenvalue weighted by Gasteiger charge is 2.38. The summed E-state index contributed by atoms with van der Waals surface area (Å²) < 4.78 is 41.0. The van der Waals surface area contributed by atoms with E-state index in [4.69, 9.17) is 9.47 Å². The summed E-state index contributed by atoms with van der Waals surface area (Å²) in [4.78, 5) is 4.27. The van der Waals surface area contributed by atoms with Crippen LogP contribution in [0.1, 0.15) is 24.1 Å². The number of methoxy groups -OCH3 is 2. The molecule has 1 aromatic carbocycles. The fourth-order valence-corrected chi connectivity index (χ4v) is 6.20. The van der Waals surface area contributed by atoms with E-state index in [2.05, 4.69) is 4.98 Å². The predicted molar refractivity (Wildman–Crippen MR) is 103 cm³/mol. The normalized spacial score (nSPS) is 19.4. The first-order chi connectivity index (χ1) is 13.0. The third-order valence-corrected chi connectivity index (χ3v) is 7.86. The standard InChI is InChI=1S/C18H21N3O4S2/c1-12-17-13(9-14(24-2)10-15(17)25-3)5-7-21(12)27(22,23)16-11-19-18-20(16)6-4-8-26-18/h4,8-12H,5-7H2,1-3H3. The lowest BCUT2D eigenvalue weighted by molar-refractivity contribution is 0.307. The monoisotopic (exact) mass is 407 g/mol. The van der Waals surface area contributed by atoms with E-state index in [0.29, 0.717) is 36.2 Å². The van der Waals surface area contributed by atoms with Gasteiger partial charge in [0.05, 0.1) is 26.5 Å². The summed E-state index contributed by atoms with van der Waals surface area (Å²) in [7, 11) is -0.493. The first-order valence-corrected chi connectivity index (χ1v) is 10.9. The Hall–Kier alpha value is -1.97. The third kappa shape index (κ3) is 2.94. The molecule has 0 amide bonds. The predicted octanol–water partition coefficient (Wildman–Crippen LogP) is 2.83. The number of hydrogen-bond donors (Lipinski definition) is 0. The molecule has 3 heterocycles. The number of nitrogens with zero attached hydrogens (tertiary/aromatic N) is 3. The van der Waals surface area contributed by atoms with Crippen molar-refractivity contribution in [1.82, 2.24) is 13.9 Å². The lowest BCUT2D eigenvalue weighted by atomic mass is 9.94. The lowest BCUT2D eigenvalue weighted by Crippen LogP contribution is -2.39. The minimum Gasteiger partial charge on any atom is -0.497 e. The number of benzene rings is 1. The zero-order valence-corrected chi connectivity index (χ0v) is 17.0. The molecule has 144 valence electrons. The van der Waals surface area contributed by atoms with Gasteiger partial charge in [0.2, 0.25) is 0 Å². The van der Waals surface area contributed by atoms with E-state index in [1.807, 2.05) is 24.5 Å². The molecule has 0 fully saturated rings. The van der Waals surface area contributed by atoms with Gasteiger partial charge in [0.25, 0.3) is 10.0 Å². The molecule has 0 saturated carbocycles. The van der Waals surface area contributed by atoms with Crippen molar-refractivity contribution in [3.05, 3.63) is 40.9 Å². The van der Waals surface area contributed by atoms with Crippen molar-refractivity contribution in [3.63, 3.8) is 0 Å². The Bertz CT molecular complexity index is 997. The topological polar surface area (TPSA) is 73.7 Å². The molecule has 4 rings (SSSR count). The van der Waals surface area contributed by atoms with Crippen molar-refractivity contribution in [1.29, 1.82) is 0 Å². The molecular formula is C18H21N3O4S2. The molecule has 7 nitrogen and oxygen atoms in total. The number of thioether (sulfide) groups is 1. The van der Waals surface area contributed by atoms with Crippen LogP contribution >= 0.6 is 11.8 Å². The SMILES string of the molecule is COc1cc2c(c(OC)c1)C(C)N(S(=O)(=O)c1cnc3n1CC=CS3)CC2. The molecule has 0 spiro atoms. The van der Waals surface area contributed by atoms with Crippen LogP contribution in [0.2, 0.25) is 0 Å². The van der Waals surface area contributed by atoms with Crippen molar-refractivity contribution in [2.75, 3.05) is 20.8 Å². The lowest BCUT2D eigenvalue weighted by Gasteiger charge is -2.35. The average molecular weight is 408 g/mol. The van der Waals surface area contributed by atoms with Gasteiger partial charge in [-0.1, -0.05) is 17.8 Å². The van der Waals surface area contributed by atoms with Crippen LogP contribution in [-0.4, -0.2) is 43.0 Å². The van der Waals surface area contributed by atoms with E-state index in [1.165, 1.54) is 22.3 Å². The first kappa shape index (κ1) is 18.4. The van der Waals surface area contributed by atoms with Gasteiger partial charge in [-0.15, -0.1) is 0 Å². The molecule has 0 N–H and O–H groups in total. The number of allylic oxidation sites excluding steroid dienone is 1. The molecule has 0 radical (unpaired) electrons. The fraction of sp³-hybridized carbons (Fsp3) is 0.389. The van der Waals surface area contributed by atoms with Crippen molar-refractivity contribution in [2.24, 2.45) is 0 Å². The summed E-state index contributed by atoms with van der Waals surface area (Å²) >= 11 is 1.43. The second-order valence-corrected chi connectivity index (χ2v) is 9.13. The van der Waals surface area contributed by atoms with Gasteiger partial charge in [0, 0.05) is 24.7 Å². The van der Waals surface area contributed by atoms with E-state index in [1.54, 1.807) is 24.9 Å². The zero-order valence-electron chi connectivity index (χ0n) is 15.4. The maximum absolute atomic E-state index is 13.4. The van der Waals surface area contributed by atoms with Crippen LogP contribution in [0.15, 0.2) is 40.0 Å². The summed E-state index contributed by atoms with van der Waals surface area (Å²) in [6.07, 6.45) is 3.99. The number of imidazole rings is 1. The number of sulfonamides is 1. The summed E-state index contributed by atoms with van der Waals surface area (Å²) in [5.74, 6) is 1.35. The maximum Gasteiger partial charge on any atom is 0.260 e. The fourth-order valence-electron chi connectivity index (χ4n) is 3.71. The molecule has 2 aromatic rings. The average Bonchev–Trinajstić information content (AvgIpc) is 3.12. The molecule has 1 unspecified atom stereocenters. The molecule has 0 aliphatic carbocycles. The Labute approximate surface area is 163 Å². The number of fused-ring (bicyclic) bond motifs is 2. The van der Waals surface area contributed by atoms with Gasteiger partial charge in [-0.2, -0.15) is 4.31 Å². The van der Waals surface area contributed by atoms with E-state index in [9.17, 15) is 8.42 Å². The zero-order chi connectivity index (χ0) is 19.2. The van der Waals surface area contributed by atoms with E-state index in [-0.39, 0.29) is 11.1 Å². The summed E-state index contributed by atoms with van der Waals surface area (Å²) in [6.45, 7) is 2.80. The van der Waals surface area contributed by atoms with Gasteiger partial charge < -0.3 is 14.0 Å². The molecule has 2 aliphatic rings. The highest BCUT2D eigenvalue weighted by molar-refractivity contribution is 8.02. The molecule has 1 aromatic heterocycles. The molecule has 0 bridgehead atoms. The van der Waals surface area contributed by atoms with Crippen LogP contribution in [0.3, 0.4) is 0 Å². The molecule has 2 aliphatic heterocycles. The highest BCUT2D eigenvalue weighted by atomic mass is 32.2. The quantitative estimate of drug-likeness (QED) is 0.776. The molecule has 9 heteroatoms. The smallest absolute Gasteiger partial charge is 0.260 e. The van der Waals surface area contributed by atoms with Gasteiger partial charge in [0.15, 0.2) is 10.2 Å². The van der Waals surface area contributed by atoms with Crippen LogP contribution < -0.4 is 9.47 Å². The second kappa shape index (κ2) is 6.88. The van der Waals surface area contributed by atoms with Crippen molar-refractivity contribution >= 4 is 21.8 Å². The number of hydrogen-bond acceptors (Lipinski definition) is 6. The van der Waals surface area contributed by atoms with E-state index < -0.39 is 10.0 Å². The van der Waals surface area contributed by atoms with Crippen molar-refractivity contribution < 1.29 is 17.9 Å². The van der Waals surface area contributed by atoms with Crippen LogP contribution in [0.4, 0.5) is 0 Å². The van der Waals surface area contributed by atoms with Crippen LogP contribution in [0.5, 0.6) is 11.5 Å². The van der Waals surface area contributed by atoms with Gasteiger partial charge in [-0.05, 0) is 30.4 Å². The van der Waals surface area contributed by atoms with Crippen LogP contribution in [0.25, 0.3) is 0 Å².